The highest BCUT2D eigenvalue weighted by atomic mass is 32.1. The molecule has 2 unspecified atom stereocenters. The molecule has 16 heavy (non-hydrogen) atoms. The highest BCUT2D eigenvalue weighted by Gasteiger charge is 2.23. The minimum Gasteiger partial charge on any atom is -0.393 e. The fraction of sp³-hybridized carbons (Fsp3) is 0.923. The highest BCUT2D eigenvalue weighted by Crippen LogP contribution is 2.27. The lowest BCUT2D eigenvalue weighted by Crippen LogP contribution is -2.32. The molecule has 1 aliphatic carbocycles. The van der Waals surface area contributed by atoms with Crippen LogP contribution in [0.5, 0.6) is 0 Å². The molecule has 94 valence electrons. The number of nitrogens with two attached hydrogens (primary N) is 1. The molecule has 0 spiro atoms. The van der Waals surface area contributed by atoms with Gasteiger partial charge in [0.05, 0.1) is 11.1 Å². The van der Waals surface area contributed by atoms with Crippen molar-refractivity contribution in [1.82, 2.24) is 0 Å². The van der Waals surface area contributed by atoms with E-state index in [1.807, 2.05) is 0 Å². The first-order chi connectivity index (χ1) is 7.42. The first-order valence-electron chi connectivity index (χ1n) is 6.33. The van der Waals surface area contributed by atoms with E-state index in [1.54, 1.807) is 0 Å². The lowest BCUT2D eigenvalue weighted by molar-refractivity contribution is 0.00787. The number of hydrogen-bond donors (Lipinski definition) is 1. The molecular formula is C13H25NOS. The standard InChI is InChI=1S/C13H25NOS/c1-10-5-4-6-11(9-10)15-8-7-13(2,3)12(14)16/h10-11H,4-9H2,1-3H3,(H2,14,16). The van der Waals surface area contributed by atoms with Gasteiger partial charge in [-0.3, -0.25) is 0 Å². The molecule has 3 heteroatoms. The van der Waals surface area contributed by atoms with E-state index < -0.39 is 0 Å². The molecule has 0 aromatic rings. The second-order valence-electron chi connectivity index (χ2n) is 5.76. The van der Waals surface area contributed by atoms with Crippen LogP contribution in [0.25, 0.3) is 0 Å². The third kappa shape index (κ3) is 4.38. The minimum atomic E-state index is -0.0738. The Morgan fingerprint density at radius 2 is 2.12 bits per heavy atom. The summed E-state index contributed by atoms with van der Waals surface area (Å²) in [5, 5.41) is 0. The van der Waals surface area contributed by atoms with Crippen LogP contribution >= 0.6 is 12.2 Å². The van der Waals surface area contributed by atoms with Crippen molar-refractivity contribution in [3.63, 3.8) is 0 Å². The Labute approximate surface area is 105 Å². The predicted molar refractivity (Wildman–Crippen MR) is 72.6 cm³/mol. The van der Waals surface area contributed by atoms with Crippen LogP contribution in [-0.4, -0.2) is 17.7 Å². The fourth-order valence-electron chi connectivity index (χ4n) is 2.13. The van der Waals surface area contributed by atoms with Gasteiger partial charge in [0.15, 0.2) is 0 Å². The van der Waals surface area contributed by atoms with Crippen LogP contribution in [-0.2, 0) is 4.74 Å². The summed E-state index contributed by atoms with van der Waals surface area (Å²) in [5.41, 5.74) is 5.61. The van der Waals surface area contributed by atoms with Crippen molar-refractivity contribution in [2.75, 3.05) is 6.61 Å². The van der Waals surface area contributed by atoms with Crippen molar-refractivity contribution in [1.29, 1.82) is 0 Å². The number of ether oxygens (including phenoxy) is 1. The van der Waals surface area contributed by atoms with E-state index in [0.29, 0.717) is 11.1 Å². The summed E-state index contributed by atoms with van der Waals surface area (Å²) < 4.78 is 5.92. The second kappa shape index (κ2) is 5.97. The Kier molecular flexibility index (Phi) is 5.19. The van der Waals surface area contributed by atoms with Gasteiger partial charge in [0.25, 0.3) is 0 Å². The first kappa shape index (κ1) is 13.9. The quantitative estimate of drug-likeness (QED) is 0.753. The maximum absolute atomic E-state index is 5.92. The van der Waals surface area contributed by atoms with Gasteiger partial charge in [-0.15, -0.1) is 0 Å². The molecule has 1 fully saturated rings. The van der Waals surface area contributed by atoms with Gasteiger partial charge in [-0.2, -0.15) is 0 Å². The van der Waals surface area contributed by atoms with E-state index in [-0.39, 0.29) is 5.41 Å². The van der Waals surface area contributed by atoms with Crippen LogP contribution in [0.1, 0.15) is 52.9 Å². The van der Waals surface area contributed by atoms with Crippen molar-refractivity contribution < 1.29 is 4.74 Å². The molecule has 0 heterocycles. The molecule has 0 bridgehead atoms. The van der Waals surface area contributed by atoms with Gasteiger partial charge in [0.2, 0.25) is 0 Å². The lowest BCUT2D eigenvalue weighted by atomic mass is 9.88. The molecule has 0 amide bonds. The number of thiocarbonyl (C=S) groups is 1. The molecular weight excluding hydrogens is 218 g/mol. The summed E-state index contributed by atoms with van der Waals surface area (Å²) in [6, 6.07) is 0. The van der Waals surface area contributed by atoms with E-state index in [0.717, 1.165) is 18.9 Å². The Bertz CT molecular complexity index is 240. The molecule has 1 saturated carbocycles. The molecule has 0 aromatic heterocycles. The van der Waals surface area contributed by atoms with Gasteiger partial charge in [0.1, 0.15) is 0 Å². The Morgan fingerprint density at radius 3 is 2.69 bits per heavy atom. The van der Waals surface area contributed by atoms with E-state index in [1.165, 1.54) is 25.7 Å². The van der Waals surface area contributed by atoms with Crippen molar-refractivity contribution >= 4 is 17.2 Å². The Hall–Kier alpha value is -0.150. The summed E-state index contributed by atoms with van der Waals surface area (Å²) in [6.07, 6.45) is 6.49. The summed E-state index contributed by atoms with van der Waals surface area (Å²) in [4.78, 5) is 0.591. The van der Waals surface area contributed by atoms with Crippen LogP contribution in [0, 0.1) is 11.3 Å². The molecule has 2 nitrogen and oxygen atoms in total. The summed E-state index contributed by atoms with van der Waals surface area (Å²) in [5.74, 6) is 0.822. The number of rotatable bonds is 5. The summed E-state index contributed by atoms with van der Waals surface area (Å²) >= 11 is 5.04. The maximum atomic E-state index is 5.92. The third-order valence-electron chi connectivity index (χ3n) is 3.64. The zero-order valence-corrected chi connectivity index (χ0v) is 11.6. The van der Waals surface area contributed by atoms with Crippen LogP contribution in [0.2, 0.25) is 0 Å². The van der Waals surface area contributed by atoms with Crippen molar-refractivity contribution in [2.45, 2.75) is 59.0 Å². The van der Waals surface area contributed by atoms with Crippen LogP contribution in [0.15, 0.2) is 0 Å². The third-order valence-corrected chi connectivity index (χ3v) is 4.19. The molecule has 0 aliphatic heterocycles. The average Bonchev–Trinajstić information content (AvgIpc) is 2.17. The van der Waals surface area contributed by atoms with E-state index in [4.69, 9.17) is 22.7 Å². The zero-order valence-electron chi connectivity index (χ0n) is 10.8. The first-order valence-corrected chi connectivity index (χ1v) is 6.74. The fourth-order valence-corrected chi connectivity index (χ4v) is 2.24. The van der Waals surface area contributed by atoms with Crippen LogP contribution < -0.4 is 5.73 Å². The second-order valence-corrected chi connectivity index (χ2v) is 6.20. The molecule has 1 aliphatic rings. The highest BCUT2D eigenvalue weighted by molar-refractivity contribution is 7.80. The molecule has 0 saturated heterocycles. The van der Waals surface area contributed by atoms with Gasteiger partial charge in [-0.1, -0.05) is 45.8 Å². The van der Waals surface area contributed by atoms with E-state index in [2.05, 4.69) is 20.8 Å². The average molecular weight is 243 g/mol. The van der Waals surface area contributed by atoms with E-state index in [9.17, 15) is 0 Å². The predicted octanol–water partition coefficient (Wildman–Crippen LogP) is 3.28. The monoisotopic (exact) mass is 243 g/mol. The van der Waals surface area contributed by atoms with E-state index >= 15 is 0 Å². The van der Waals surface area contributed by atoms with Gasteiger partial charge in [-0.25, -0.2) is 0 Å². The van der Waals surface area contributed by atoms with Gasteiger partial charge >= 0.3 is 0 Å². The smallest absolute Gasteiger partial charge is 0.0785 e. The molecule has 1 rings (SSSR count). The normalized spacial score (nSPS) is 26.7. The summed E-state index contributed by atoms with van der Waals surface area (Å²) in [7, 11) is 0. The SMILES string of the molecule is CC1CCCC(OCCC(C)(C)C(N)=S)C1. The maximum Gasteiger partial charge on any atom is 0.0785 e. The minimum absolute atomic E-state index is 0.0738. The van der Waals surface area contributed by atoms with Crippen LogP contribution in [0.3, 0.4) is 0 Å². The lowest BCUT2D eigenvalue weighted by Gasteiger charge is -2.29. The molecule has 2 N–H and O–H groups in total. The largest absolute Gasteiger partial charge is 0.393 e. The van der Waals surface area contributed by atoms with Crippen LogP contribution in [0.4, 0.5) is 0 Å². The summed E-state index contributed by atoms with van der Waals surface area (Å²) in [6.45, 7) is 7.26. The Balaban J connectivity index is 2.22. The van der Waals surface area contributed by atoms with Crippen molar-refractivity contribution in [3.8, 4) is 0 Å². The number of hydrogen-bond acceptors (Lipinski definition) is 2. The van der Waals surface area contributed by atoms with Crippen molar-refractivity contribution in [3.05, 3.63) is 0 Å². The topological polar surface area (TPSA) is 35.2 Å². The molecule has 2 atom stereocenters. The molecule has 0 radical (unpaired) electrons. The van der Waals surface area contributed by atoms with Gasteiger partial charge < -0.3 is 10.5 Å². The molecule has 0 aromatic carbocycles. The van der Waals surface area contributed by atoms with Gasteiger partial charge in [-0.05, 0) is 25.2 Å². The van der Waals surface area contributed by atoms with Gasteiger partial charge in [0, 0.05) is 12.0 Å². The Morgan fingerprint density at radius 1 is 1.44 bits per heavy atom. The zero-order chi connectivity index (χ0) is 12.2. The van der Waals surface area contributed by atoms with Crippen molar-refractivity contribution in [2.24, 2.45) is 17.1 Å².